The summed E-state index contributed by atoms with van der Waals surface area (Å²) in [6, 6.07) is 3.95. The fourth-order valence-corrected chi connectivity index (χ4v) is 2.49. The lowest BCUT2D eigenvalue weighted by Gasteiger charge is -2.26. The molecule has 3 heterocycles. The van der Waals surface area contributed by atoms with Crippen LogP contribution in [0.5, 0.6) is 0 Å². The summed E-state index contributed by atoms with van der Waals surface area (Å²) in [7, 11) is 0. The molecule has 3 rings (SSSR count). The molecule has 1 aliphatic rings. The number of aromatic nitrogens is 3. The summed E-state index contributed by atoms with van der Waals surface area (Å²) in [6.45, 7) is 4.61. The van der Waals surface area contributed by atoms with E-state index in [9.17, 15) is 0 Å². The summed E-state index contributed by atoms with van der Waals surface area (Å²) >= 11 is 0. The molecule has 0 unspecified atom stereocenters. The van der Waals surface area contributed by atoms with Gasteiger partial charge in [0.1, 0.15) is 5.52 Å². The molecule has 1 fully saturated rings. The van der Waals surface area contributed by atoms with E-state index >= 15 is 0 Å². The molecule has 0 N–H and O–H groups in total. The number of nitrogens with zero attached hydrogens (tertiary/aromatic N) is 4. The highest BCUT2D eigenvalue weighted by molar-refractivity contribution is 5.69. The van der Waals surface area contributed by atoms with Crippen LogP contribution >= 0.6 is 0 Å². The van der Waals surface area contributed by atoms with Gasteiger partial charge in [-0.3, -0.25) is 0 Å². The van der Waals surface area contributed by atoms with Gasteiger partial charge in [-0.05, 0) is 38.1 Å². The Labute approximate surface area is 101 Å². The molecule has 90 valence electrons. The average Bonchev–Trinajstić information content (AvgIpc) is 2.81. The average molecular weight is 230 g/mol. The Kier molecular flexibility index (Phi) is 3.05. The van der Waals surface area contributed by atoms with Crippen LogP contribution in [0.3, 0.4) is 0 Å². The summed E-state index contributed by atoms with van der Waals surface area (Å²) in [5.74, 6) is 0. The molecule has 0 saturated carbocycles. The van der Waals surface area contributed by atoms with E-state index in [1.165, 1.54) is 32.4 Å². The minimum atomic E-state index is 0.992. The van der Waals surface area contributed by atoms with Crippen molar-refractivity contribution in [2.45, 2.75) is 25.8 Å². The minimum Gasteiger partial charge on any atom is -0.314 e. The standard InChI is InChI=1S/C13H18N4/c1-2-7-16(8-3-1)9-10-17-11-15-12-5-4-6-14-13(12)17/h4-6,11H,1-3,7-10H2. The molecule has 2 aromatic heterocycles. The van der Waals surface area contributed by atoms with Crippen LogP contribution in [0.4, 0.5) is 0 Å². The zero-order chi connectivity index (χ0) is 11.5. The van der Waals surface area contributed by atoms with Gasteiger partial charge in [0.05, 0.1) is 6.33 Å². The van der Waals surface area contributed by atoms with Crippen LogP contribution in [0.25, 0.3) is 11.2 Å². The number of imidazole rings is 1. The van der Waals surface area contributed by atoms with E-state index in [0.29, 0.717) is 0 Å². The molecule has 0 radical (unpaired) electrons. The van der Waals surface area contributed by atoms with Gasteiger partial charge in [-0.2, -0.15) is 0 Å². The van der Waals surface area contributed by atoms with Crippen LogP contribution < -0.4 is 0 Å². The van der Waals surface area contributed by atoms with Gasteiger partial charge in [0.25, 0.3) is 0 Å². The lowest BCUT2D eigenvalue weighted by Crippen LogP contribution is -2.32. The molecule has 1 aliphatic heterocycles. The second kappa shape index (κ2) is 4.84. The summed E-state index contributed by atoms with van der Waals surface area (Å²) in [4.78, 5) is 11.3. The van der Waals surface area contributed by atoms with Crippen LogP contribution in [0, 0.1) is 0 Å². The number of rotatable bonds is 3. The van der Waals surface area contributed by atoms with Crippen molar-refractivity contribution in [3.63, 3.8) is 0 Å². The Morgan fingerprint density at radius 2 is 1.94 bits per heavy atom. The fourth-order valence-electron chi connectivity index (χ4n) is 2.49. The highest BCUT2D eigenvalue weighted by Gasteiger charge is 2.10. The van der Waals surface area contributed by atoms with Crippen molar-refractivity contribution in [1.29, 1.82) is 0 Å². The molecule has 2 aromatic rings. The van der Waals surface area contributed by atoms with Crippen LogP contribution in [0.15, 0.2) is 24.7 Å². The molecular formula is C13H18N4. The van der Waals surface area contributed by atoms with E-state index in [-0.39, 0.29) is 0 Å². The summed E-state index contributed by atoms with van der Waals surface area (Å²) < 4.78 is 2.16. The number of hydrogen-bond donors (Lipinski definition) is 0. The lowest BCUT2D eigenvalue weighted by atomic mass is 10.1. The van der Waals surface area contributed by atoms with Crippen molar-refractivity contribution < 1.29 is 0 Å². The molecule has 0 bridgehead atoms. The molecule has 0 aliphatic carbocycles. The molecular weight excluding hydrogens is 212 g/mol. The Bertz CT molecular complexity index is 485. The molecule has 1 saturated heterocycles. The van der Waals surface area contributed by atoms with E-state index in [0.717, 1.165) is 24.3 Å². The summed E-state index contributed by atoms with van der Waals surface area (Å²) in [5, 5.41) is 0. The Hall–Kier alpha value is -1.42. The largest absolute Gasteiger partial charge is 0.314 e. The first-order chi connectivity index (χ1) is 8.43. The van der Waals surface area contributed by atoms with Gasteiger partial charge >= 0.3 is 0 Å². The Morgan fingerprint density at radius 1 is 1.06 bits per heavy atom. The van der Waals surface area contributed by atoms with Crippen molar-refractivity contribution in [2.75, 3.05) is 19.6 Å². The summed E-state index contributed by atoms with van der Waals surface area (Å²) in [5.41, 5.74) is 2.00. The minimum absolute atomic E-state index is 0.992. The number of likely N-dealkylation sites (tertiary alicyclic amines) is 1. The number of hydrogen-bond acceptors (Lipinski definition) is 3. The monoisotopic (exact) mass is 230 g/mol. The van der Waals surface area contributed by atoms with E-state index in [1.807, 2.05) is 24.7 Å². The zero-order valence-corrected chi connectivity index (χ0v) is 10.0. The van der Waals surface area contributed by atoms with Crippen molar-refractivity contribution in [3.05, 3.63) is 24.7 Å². The normalized spacial score (nSPS) is 17.6. The highest BCUT2D eigenvalue weighted by Crippen LogP contribution is 2.11. The van der Waals surface area contributed by atoms with E-state index in [2.05, 4.69) is 19.4 Å². The number of fused-ring (bicyclic) bond motifs is 1. The second-order valence-corrected chi connectivity index (χ2v) is 4.69. The Balaban J connectivity index is 1.68. The number of pyridine rings is 1. The van der Waals surface area contributed by atoms with E-state index in [1.54, 1.807) is 0 Å². The second-order valence-electron chi connectivity index (χ2n) is 4.69. The van der Waals surface area contributed by atoms with Crippen molar-refractivity contribution in [1.82, 2.24) is 19.4 Å². The highest BCUT2D eigenvalue weighted by atomic mass is 15.2. The smallest absolute Gasteiger partial charge is 0.159 e. The van der Waals surface area contributed by atoms with Gasteiger partial charge in [0, 0.05) is 19.3 Å². The third-order valence-corrected chi connectivity index (χ3v) is 3.48. The van der Waals surface area contributed by atoms with Crippen molar-refractivity contribution in [3.8, 4) is 0 Å². The molecule has 0 spiro atoms. The van der Waals surface area contributed by atoms with E-state index < -0.39 is 0 Å². The molecule has 0 atom stereocenters. The van der Waals surface area contributed by atoms with Crippen LogP contribution in [0.1, 0.15) is 19.3 Å². The van der Waals surface area contributed by atoms with Gasteiger partial charge in [-0.1, -0.05) is 6.42 Å². The lowest BCUT2D eigenvalue weighted by molar-refractivity contribution is 0.221. The first-order valence-electron chi connectivity index (χ1n) is 6.42. The maximum absolute atomic E-state index is 4.39. The van der Waals surface area contributed by atoms with Gasteiger partial charge in [0.15, 0.2) is 5.65 Å². The molecule has 0 amide bonds. The summed E-state index contributed by atoms with van der Waals surface area (Å²) in [6.07, 6.45) is 7.83. The quantitative estimate of drug-likeness (QED) is 0.807. The van der Waals surface area contributed by atoms with Crippen LogP contribution in [-0.4, -0.2) is 39.1 Å². The maximum atomic E-state index is 4.39. The molecule has 4 heteroatoms. The Morgan fingerprint density at radius 3 is 2.82 bits per heavy atom. The number of piperidine rings is 1. The maximum Gasteiger partial charge on any atom is 0.159 e. The van der Waals surface area contributed by atoms with Gasteiger partial charge in [0.2, 0.25) is 0 Å². The third-order valence-electron chi connectivity index (χ3n) is 3.48. The SMILES string of the molecule is c1cnc2c(c1)ncn2CCN1CCCCC1. The third kappa shape index (κ3) is 2.31. The predicted octanol–water partition coefficient (Wildman–Crippen LogP) is 1.92. The molecule has 4 nitrogen and oxygen atoms in total. The molecule has 17 heavy (non-hydrogen) atoms. The first-order valence-corrected chi connectivity index (χ1v) is 6.42. The first kappa shape index (κ1) is 10.7. The topological polar surface area (TPSA) is 34.0 Å². The predicted molar refractivity (Wildman–Crippen MR) is 67.8 cm³/mol. The van der Waals surface area contributed by atoms with Gasteiger partial charge in [-0.25, -0.2) is 9.97 Å². The van der Waals surface area contributed by atoms with Crippen molar-refractivity contribution >= 4 is 11.2 Å². The van der Waals surface area contributed by atoms with Crippen LogP contribution in [0.2, 0.25) is 0 Å². The van der Waals surface area contributed by atoms with E-state index in [4.69, 9.17) is 0 Å². The van der Waals surface area contributed by atoms with Crippen LogP contribution in [-0.2, 0) is 6.54 Å². The fraction of sp³-hybridized carbons (Fsp3) is 0.538. The van der Waals surface area contributed by atoms with Gasteiger partial charge < -0.3 is 9.47 Å². The molecule has 0 aromatic carbocycles. The zero-order valence-electron chi connectivity index (χ0n) is 10.0. The van der Waals surface area contributed by atoms with Gasteiger partial charge in [-0.15, -0.1) is 0 Å². The van der Waals surface area contributed by atoms with Crippen molar-refractivity contribution in [2.24, 2.45) is 0 Å².